The van der Waals surface area contributed by atoms with Gasteiger partial charge in [0.25, 0.3) is 5.91 Å². The lowest BCUT2D eigenvalue weighted by atomic mass is 9.99. The molecule has 0 aliphatic heterocycles. The van der Waals surface area contributed by atoms with Gasteiger partial charge in [0.2, 0.25) is 0 Å². The van der Waals surface area contributed by atoms with Crippen LogP contribution in [0.15, 0.2) is 41.0 Å². The highest BCUT2D eigenvalue weighted by atomic mass is 79.9. The molecule has 1 amide bonds. The lowest BCUT2D eigenvalue weighted by Crippen LogP contribution is -2.24. The highest BCUT2D eigenvalue weighted by Gasteiger charge is 2.23. The molecule has 4 N–H and O–H groups in total. The molecule has 0 saturated carbocycles. The second-order valence-corrected chi connectivity index (χ2v) is 6.44. The molecule has 26 heavy (non-hydrogen) atoms. The maximum Gasteiger partial charge on any atom is 0.256 e. The summed E-state index contributed by atoms with van der Waals surface area (Å²) in [6.45, 7) is 0.0859. The van der Waals surface area contributed by atoms with E-state index in [4.69, 9.17) is 5.73 Å². The maximum atomic E-state index is 12.9. The van der Waals surface area contributed by atoms with Crippen LogP contribution in [0.25, 0.3) is 10.9 Å². The molecule has 0 aliphatic rings. The topological polar surface area (TPSA) is 105 Å². The van der Waals surface area contributed by atoms with Crippen LogP contribution in [0.3, 0.4) is 0 Å². The number of pyridine rings is 1. The van der Waals surface area contributed by atoms with Crippen LogP contribution in [-0.2, 0) is 6.54 Å². The zero-order valence-electron chi connectivity index (χ0n) is 13.3. The van der Waals surface area contributed by atoms with Gasteiger partial charge >= 0.3 is 0 Å². The van der Waals surface area contributed by atoms with Gasteiger partial charge in [-0.2, -0.15) is 0 Å². The molecule has 0 saturated heterocycles. The Labute approximate surface area is 156 Å². The van der Waals surface area contributed by atoms with Gasteiger partial charge in [-0.3, -0.25) is 14.6 Å². The number of aromatic nitrogens is 1. The Morgan fingerprint density at radius 2 is 2.04 bits per heavy atom. The molecule has 1 aromatic heterocycles. The number of carbonyl (C=O) groups excluding carboxylic acids is 2. The first-order valence-corrected chi connectivity index (χ1v) is 8.29. The summed E-state index contributed by atoms with van der Waals surface area (Å²) in [4.78, 5) is 28.1. The van der Waals surface area contributed by atoms with Crippen LogP contribution in [0.5, 0.6) is 5.75 Å². The molecule has 3 rings (SSSR count). The van der Waals surface area contributed by atoms with Crippen molar-refractivity contribution in [1.82, 2.24) is 10.3 Å². The third kappa shape index (κ3) is 3.23. The average molecular weight is 418 g/mol. The number of phenolic OH excluding ortho intramolecular Hbond substituents is 1. The summed E-state index contributed by atoms with van der Waals surface area (Å²) in [7, 11) is 0. The number of carbonyl (C=O) groups is 2. The van der Waals surface area contributed by atoms with Gasteiger partial charge in [0.15, 0.2) is 12.0 Å². The van der Waals surface area contributed by atoms with Crippen molar-refractivity contribution < 1.29 is 19.1 Å². The van der Waals surface area contributed by atoms with Gasteiger partial charge in [-0.25, -0.2) is 4.39 Å². The summed E-state index contributed by atoms with van der Waals surface area (Å²) in [6.07, 6.45) is 1.87. The number of nitrogens with two attached hydrogens (primary N) is 1. The first-order chi connectivity index (χ1) is 12.4. The zero-order valence-corrected chi connectivity index (χ0v) is 14.9. The number of benzene rings is 2. The van der Waals surface area contributed by atoms with Gasteiger partial charge in [-0.1, -0.05) is 12.1 Å². The van der Waals surface area contributed by atoms with Gasteiger partial charge < -0.3 is 16.2 Å². The molecule has 0 unspecified atom stereocenters. The quantitative estimate of drug-likeness (QED) is 0.343. The summed E-state index contributed by atoms with van der Waals surface area (Å²) < 4.78 is 13.6. The molecule has 132 valence electrons. The number of halogens is 2. The number of hydrogen-bond acceptors (Lipinski definition) is 5. The van der Waals surface area contributed by atoms with E-state index in [1.807, 2.05) is 0 Å². The summed E-state index contributed by atoms with van der Waals surface area (Å²) >= 11 is 3.25. The fourth-order valence-corrected chi connectivity index (χ4v) is 2.92. The third-order valence-corrected chi connectivity index (χ3v) is 4.31. The molecule has 3 aromatic rings. The number of rotatable bonds is 4. The van der Waals surface area contributed by atoms with E-state index in [1.54, 1.807) is 6.07 Å². The van der Waals surface area contributed by atoms with E-state index >= 15 is 0 Å². The molecule has 0 atom stereocenters. The number of nitrogen functional groups attached to an aromatic ring is 1. The van der Waals surface area contributed by atoms with Crippen molar-refractivity contribution in [2.24, 2.45) is 0 Å². The highest BCUT2D eigenvalue weighted by molar-refractivity contribution is 9.10. The van der Waals surface area contributed by atoms with E-state index in [2.05, 4.69) is 26.2 Å². The van der Waals surface area contributed by atoms with Crippen molar-refractivity contribution in [3.05, 3.63) is 63.5 Å². The normalized spacial score (nSPS) is 10.7. The molecule has 0 aliphatic carbocycles. The largest absolute Gasteiger partial charge is 0.505 e. The van der Waals surface area contributed by atoms with Crippen LogP contribution in [0.4, 0.5) is 10.1 Å². The van der Waals surface area contributed by atoms with E-state index in [1.165, 1.54) is 30.5 Å². The summed E-state index contributed by atoms with van der Waals surface area (Å²) in [5, 5.41) is 13.4. The summed E-state index contributed by atoms with van der Waals surface area (Å²) in [6, 6.07) is 7.18. The number of amides is 1. The van der Waals surface area contributed by atoms with Gasteiger partial charge in [0.05, 0.1) is 16.8 Å². The number of anilines is 1. The Kier molecular flexibility index (Phi) is 4.85. The summed E-state index contributed by atoms with van der Waals surface area (Å²) in [5.41, 5.74) is 6.46. The smallest absolute Gasteiger partial charge is 0.256 e. The van der Waals surface area contributed by atoms with Gasteiger partial charge in [-0.15, -0.1) is 0 Å². The van der Waals surface area contributed by atoms with Crippen molar-refractivity contribution in [1.29, 1.82) is 0 Å². The third-order valence-electron chi connectivity index (χ3n) is 3.88. The number of nitrogens with zero attached hydrogens (tertiary/aromatic N) is 1. The van der Waals surface area contributed by atoms with Crippen molar-refractivity contribution in [2.45, 2.75) is 6.54 Å². The molecule has 2 aromatic carbocycles. The molecule has 0 radical (unpaired) electrons. The minimum absolute atomic E-state index is 0.0496. The SMILES string of the molecule is Nc1c(C=O)c(C(=O)NCc2ccc(F)cc2)c(O)c2ncc(Br)cc12. The van der Waals surface area contributed by atoms with Crippen LogP contribution >= 0.6 is 15.9 Å². The summed E-state index contributed by atoms with van der Waals surface area (Å²) in [5.74, 6) is -1.51. The fraction of sp³-hybridized carbons (Fsp3) is 0.0556. The lowest BCUT2D eigenvalue weighted by Gasteiger charge is -2.14. The Morgan fingerprint density at radius 3 is 2.69 bits per heavy atom. The number of nitrogens with one attached hydrogen (secondary N) is 1. The molecule has 8 heteroatoms. The standard InChI is InChI=1S/C18H13BrFN3O3/c19-10-5-12-15(21)13(8-24)14(17(25)16(12)22-7-10)18(26)23-6-9-1-3-11(20)4-2-9/h1-5,7-8,25H,6,21H2,(H,23,26). The monoisotopic (exact) mass is 417 g/mol. The van der Waals surface area contributed by atoms with Crippen LogP contribution in [-0.4, -0.2) is 22.3 Å². The van der Waals surface area contributed by atoms with E-state index < -0.39 is 11.7 Å². The van der Waals surface area contributed by atoms with Crippen LogP contribution < -0.4 is 11.1 Å². The van der Waals surface area contributed by atoms with Gasteiger partial charge in [0, 0.05) is 22.6 Å². The predicted molar refractivity (Wildman–Crippen MR) is 98.5 cm³/mol. The molecule has 1 heterocycles. The number of hydrogen-bond donors (Lipinski definition) is 3. The average Bonchev–Trinajstić information content (AvgIpc) is 2.63. The number of aromatic hydroxyl groups is 1. The van der Waals surface area contributed by atoms with Crippen LogP contribution in [0, 0.1) is 5.82 Å². The Balaban J connectivity index is 2.01. The molecule has 0 bridgehead atoms. The molecular formula is C18H13BrFN3O3. The van der Waals surface area contributed by atoms with E-state index in [0.717, 1.165) is 0 Å². The zero-order chi connectivity index (χ0) is 18.8. The molecule has 0 spiro atoms. The predicted octanol–water partition coefficient (Wildman–Crippen LogP) is 3.17. The van der Waals surface area contributed by atoms with Crippen LogP contribution in [0.1, 0.15) is 26.3 Å². The minimum atomic E-state index is -0.688. The molecular weight excluding hydrogens is 405 g/mol. The second kappa shape index (κ2) is 7.09. The molecule has 0 fully saturated rings. The Morgan fingerprint density at radius 1 is 1.35 bits per heavy atom. The lowest BCUT2D eigenvalue weighted by molar-refractivity contribution is 0.0943. The number of aldehydes is 1. The first-order valence-electron chi connectivity index (χ1n) is 7.50. The van der Waals surface area contributed by atoms with E-state index in [9.17, 15) is 19.1 Å². The van der Waals surface area contributed by atoms with Gasteiger partial charge in [0.1, 0.15) is 11.3 Å². The first kappa shape index (κ1) is 17.8. The van der Waals surface area contributed by atoms with Crippen molar-refractivity contribution in [3.8, 4) is 5.75 Å². The number of fused-ring (bicyclic) bond motifs is 1. The van der Waals surface area contributed by atoms with E-state index in [-0.39, 0.29) is 34.7 Å². The minimum Gasteiger partial charge on any atom is -0.505 e. The Bertz CT molecular complexity index is 1020. The van der Waals surface area contributed by atoms with Crippen molar-refractivity contribution in [2.75, 3.05) is 5.73 Å². The molecule has 6 nitrogen and oxygen atoms in total. The van der Waals surface area contributed by atoms with Crippen molar-refractivity contribution in [3.63, 3.8) is 0 Å². The van der Waals surface area contributed by atoms with Gasteiger partial charge in [-0.05, 0) is 39.7 Å². The number of phenols is 1. The fourth-order valence-electron chi connectivity index (χ4n) is 2.58. The van der Waals surface area contributed by atoms with E-state index in [0.29, 0.717) is 21.7 Å². The van der Waals surface area contributed by atoms with Crippen molar-refractivity contribution >= 4 is 44.7 Å². The van der Waals surface area contributed by atoms with Crippen LogP contribution in [0.2, 0.25) is 0 Å². The second-order valence-electron chi connectivity index (χ2n) is 5.53. The Hall–Kier alpha value is -3.00. The maximum absolute atomic E-state index is 12.9. The highest BCUT2D eigenvalue weighted by Crippen LogP contribution is 2.36.